The van der Waals surface area contributed by atoms with E-state index in [0.717, 1.165) is 25.2 Å². The highest BCUT2D eigenvalue weighted by atomic mass is 35.5. The van der Waals surface area contributed by atoms with Crippen LogP contribution < -0.4 is 5.32 Å². The van der Waals surface area contributed by atoms with Gasteiger partial charge in [-0.25, -0.2) is 4.98 Å². The fraction of sp³-hybridized carbons (Fsp3) is 0.625. The zero-order valence-electron chi connectivity index (χ0n) is 13.4. The summed E-state index contributed by atoms with van der Waals surface area (Å²) in [5.74, 6) is 0.273. The molecule has 1 aromatic heterocycles. The Morgan fingerprint density at radius 3 is 2.77 bits per heavy atom. The predicted molar refractivity (Wildman–Crippen MR) is 87.8 cm³/mol. The van der Waals surface area contributed by atoms with E-state index >= 15 is 0 Å². The smallest absolute Gasteiger partial charge is 0.229 e. The van der Waals surface area contributed by atoms with E-state index in [-0.39, 0.29) is 12.5 Å². The van der Waals surface area contributed by atoms with Crippen LogP contribution in [0.25, 0.3) is 0 Å². The molecule has 1 amide bonds. The van der Waals surface area contributed by atoms with Crippen molar-refractivity contribution in [1.29, 1.82) is 0 Å². The molecule has 1 unspecified atom stereocenters. The number of carbonyl (C=O) groups excluding carboxylic acids is 1. The molecule has 0 saturated carbocycles. The van der Waals surface area contributed by atoms with Crippen molar-refractivity contribution in [3.8, 4) is 0 Å². The number of anilines is 1. The Kier molecular flexibility index (Phi) is 5.42. The SMILES string of the molecule is CC(C)(C)C(=O)Nc1ccc(CN2CCC(CO)C2)nc1Cl. The summed E-state index contributed by atoms with van der Waals surface area (Å²) >= 11 is 6.18. The number of pyridine rings is 1. The van der Waals surface area contributed by atoms with E-state index < -0.39 is 5.41 Å². The van der Waals surface area contributed by atoms with Gasteiger partial charge in [-0.1, -0.05) is 32.4 Å². The summed E-state index contributed by atoms with van der Waals surface area (Å²) in [4.78, 5) is 18.6. The van der Waals surface area contributed by atoms with Crippen LogP contribution in [0.3, 0.4) is 0 Å². The molecule has 2 rings (SSSR count). The lowest BCUT2D eigenvalue weighted by Gasteiger charge is -2.19. The van der Waals surface area contributed by atoms with Crippen LogP contribution in [0.4, 0.5) is 5.69 Å². The van der Waals surface area contributed by atoms with E-state index in [9.17, 15) is 9.90 Å². The van der Waals surface area contributed by atoms with Crippen LogP contribution in [-0.4, -0.2) is 40.6 Å². The van der Waals surface area contributed by atoms with Crippen molar-refractivity contribution in [2.24, 2.45) is 11.3 Å². The Morgan fingerprint density at radius 1 is 1.50 bits per heavy atom. The van der Waals surface area contributed by atoms with Gasteiger partial charge < -0.3 is 10.4 Å². The number of amides is 1. The fourth-order valence-electron chi connectivity index (χ4n) is 2.40. The average molecular weight is 326 g/mol. The second-order valence-electron chi connectivity index (χ2n) is 6.92. The molecule has 2 N–H and O–H groups in total. The van der Waals surface area contributed by atoms with E-state index in [2.05, 4.69) is 15.2 Å². The lowest BCUT2D eigenvalue weighted by atomic mass is 9.95. The number of rotatable bonds is 4. The summed E-state index contributed by atoms with van der Waals surface area (Å²) in [6.45, 7) is 8.35. The Bertz CT molecular complexity index is 543. The van der Waals surface area contributed by atoms with Crippen molar-refractivity contribution in [1.82, 2.24) is 9.88 Å². The topological polar surface area (TPSA) is 65.5 Å². The van der Waals surface area contributed by atoms with Crippen molar-refractivity contribution in [3.05, 3.63) is 23.0 Å². The van der Waals surface area contributed by atoms with Crippen molar-refractivity contribution in [2.75, 3.05) is 25.0 Å². The summed E-state index contributed by atoms with van der Waals surface area (Å²) in [7, 11) is 0. The lowest BCUT2D eigenvalue weighted by Crippen LogP contribution is -2.28. The molecule has 1 atom stereocenters. The molecule has 0 aromatic carbocycles. The molecule has 5 nitrogen and oxygen atoms in total. The number of hydrogen-bond acceptors (Lipinski definition) is 4. The van der Waals surface area contributed by atoms with Gasteiger partial charge in [0.05, 0.1) is 11.4 Å². The largest absolute Gasteiger partial charge is 0.396 e. The summed E-state index contributed by atoms with van der Waals surface area (Å²) in [5.41, 5.74) is 0.939. The van der Waals surface area contributed by atoms with Gasteiger partial charge in [0.15, 0.2) is 5.15 Å². The van der Waals surface area contributed by atoms with Gasteiger partial charge in [-0.05, 0) is 31.0 Å². The standard InChI is InChI=1S/C16H24ClN3O2/c1-16(2,3)15(22)19-13-5-4-12(18-14(13)17)9-20-7-6-11(8-20)10-21/h4-5,11,21H,6-10H2,1-3H3,(H,19,22). The molecule has 1 aliphatic rings. The van der Waals surface area contributed by atoms with Crippen LogP contribution in [0.2, 0.25) is 5.15 Å². The predicted octanol–water partition coefficient (Wildman–Crippen LogP) is 2.53. The van der Waals surface area contributed by atoms with Crippen LogP contribution in [0.15, 0.2) is 12.1 Å². The molecule has 1 fully saturated rings. The minimum Gasteiger partial charge on any atom is -0.396 e. The number of nitrogens with zero attached hydrogens (tertiary/aromatic N) is 2. The monoisotopic (exact) mass is 325 g/mol. The summed E-state index contributed by atoms with van der Waals surface area (Å²) in [6.07, 6.45) is 1.02. The minimum absolute atomic E-state index is 0.0886. The van der Waals surface area contributed by atoms with E-state index in [0.29, 0.717) is 23.3 Å². The van der Waals surface area contributed by atoms with Crippen molar-refractivity contribution in [3.63, 3.8) is 0 Å². The van der Waals surface area contributed by atoms with Crippen LogP contribution in [0, 0.1) is 11.3 Å². The third-order valence-corrected chi connectivity index (χ3v) is 4.14. The van der Waals surface area contributed by atoms with Crippen LogP contribution in [0.5, 0.6) is 0 Å². The zero-order chi connectivity index (χ0) is 16.3. The third kappa shape index (κ3) is 4.41. The first-order valence-corrected chi connectivity index (χ1v) is 7.97. The molecule has 2 heterocycles. The molecule has 0 spiro atoms. The number of likely N-dealkylation sites (tertiary alicyclic amines) is 1. The minimum atomic E-state index is -0.475. The molecular weight excluding hydrogens is 302 g/mol. The van der Waals surface area contributed by atoms with Gasteiger partial charge in [-0.3, -0.25) is 9.69 Å². The van der Waals surface area contributed by atoms with Crippen LogP contribution >= 0.6 is 11.6 Å². The maximum Gasteiger partial charge on any atom is 0.229 e. The molecule has 122 valence electrons. The van der Waals surface area contributed by atoms with E-state index in [1.54, 1.807) is 6.07 Å². The van der Waals surface area contributed by atoms with Gasteiger partial charge in [0.25, 0.3) is 0 Å². The third-order valence-electron chi connectivity index (χ3n) is 3.85. The van der Waals surface area contributed by atoms with Gasteiger partial charge in [0.1, 0.15) is 0 Å². The van der Waals surface area contributed by atoms with Gasteiger partial charge in [0.2, 0.25) is 5.91 Å². The number of halogens is 1. The van der Waals surface area contributed by atoms with Gasteiger partial charge in [0, 0.05) is 25.1 Å². The molecule has 22 heavy (non-hydrogen) atoms. The number of nitrogens with one attached hydrogen (secondary N) is 1. The zero-order valence-corrected chi connectivity index (χ0v) is 14.2. The Hall–Kier alpha value is -1.17. The van der Waals surface area contributed by atoms with Gasteiger partial charge >= 0.3 is 0 Å². The highest BCUT2D eigenvalue weighted by Crippen LogP contribution is 2.24. The molecular formula is C16H24ClN3O2. The Labute approximate surface area is 136 Å². The van der Waals surface area contributed by atoms with Gasteiger partial charge in [-0.15, -0.1) is 0 Å². The second-order valence-corrected chi connectivity index (χ2v) is 7.28. The number of aromatic nitrogens is 1. The van der Waals surface area contributed by atoms with E-state index in [1.165, 1.54) is 0 Å². The quantitative estimate of drug-likeness (QED) is 0.835. The molecule has 1 saturated heterocycles. The summed E-state index contributed by atoms with van der Waals surface area (Å²) in [5, 5.41) is 12.3. The molecule has 0 bridgehead atoms. The van der Waals surface area contributed by atoms with Crippen molar-refractivity contribution in [2.45, 2.75) is 33.7 Å². The lowest BCUT2D eigenvalue weighted by molar-refractivity contribution is -0.123. The number of aliphatic hydroxyl groups is 1. The highest BCUT2D eigenvalue weighted by molar-refractivity contribution is 6.32. The fourth-order valence-corrected chi connectivity index (χ4v) is 2.62. The Morgan fingerprint density at radius 2 is 2.23 bits per heavy atom. The van der Waals surface area contributed by atoms with Crippen molar-refractivity contribution >= 4 is 23.2 Å². The van der Waals surface area contributed by atoms with Crippen molar-refractivity contribution < 1.29 is 9.90 Å². The van der Waals surface area contributed by atoms with Crippen LogP contribution in [-0.2, 0) is 11.3 Å². The highest BCUT2D eigenvalue weighted by Gasteiger charge is 2.23. The summed E-state index contributed by atoms with van der Waals surface area (Å²) in [6, 6.07) is 3.68. The first-order valence-electron chi connectivity index (χ1n) is 7.59. The first kappa shape index (κ1) is 17.2. The van der Waals surface area contributed by atoms with E-state index in [1.807, 2.05) is 26.8 Å². The molecule has 1 aromatic rings. The molecule has 6 heteroatoms. The van der Waals surface area contributed by atoms with Gasteiger partial charge in [-0.2, -0.15) is 0 Å². The average Bonchev–Trinajstić information content (AvgIpc) is 2.88. The maximum atomic E-state index is 12.0. The maximum absolute atomic E-state index is 12.0. The second kappa shape index (κ2) is 6.94. The first-order chi connectivity index (χ1) is 10.3. The van der Waals surface area contributed by atoms with E-state index in [4.69, 9.17) is 11.6 Å². The number of aliphatic hydroxyl groups excluding tert-OH is 1. The normalized spacial score (nSPS) is 19.4. The van der Waals surface area contributed by atoms with Crippen LogP contribution in [0.1, 0.15) is 32.9 Å². The number of carbonyl (C=O) groups is 1. The summed E-state index contributed by atoms with van der Waals surface area (Å²) < 4.78 is 0. The number of hydrogen-bond donors (Lipinski definition) is 2. The molecule has 1 aliphatic heterocycles. The Balaban J connectivity index is 1.99. The molecule has 0 aliphatic carbocycles. The molecule has 0 radical (unpaired) electrons.